The highest BCUT2D eigenvalue weighted by Gasteiger charge is 2.17. The van der Waals surface area contributed by atoms with E-state index < -0.39 is 17.0 Å². The summed E-state index contributed by atoms with van der Waals surface area (Å²) in [7, 11) is 0. The van der Waals surface area contributed by atoms with Crippen LogP contribution in [-0.2, 0) is 26.9 Å². The average Bonchev–Trinajstić information content (AvgIpc) is 2.29. The molecule has 0 fully saturated rings. The maximum atomic E-state index is 11.6. The zero-order valence-corrected chi connectivity index (χ0v) is 12.7. The van der Waals surface area contributed by atoms with E-state index >= 15 is 0 Å². The molecule has 0 bridgehead atoms. The number of rotatable bonds is 5. The van der Waals surface area contributed by atoms with E-state index in [1.165, 1.54) is 6.07 Å². The van der Waals surface area contributed by atoms with Crippen molar-refractivity contribution in [3.63, 3.8) is 0 Å². The molecule has 0 heterocycles. The van der Waals surface area contributed by atoms with E-state index in [1.54, 1.807) is 13.0 Å². The normalized spacial score (nSPS) is 12.2. The quantitative estimate of drug-likeness (QED) is 0.463. The molecule has 1 unspecified atom stereocenters. The minimum atomic E-state index is -2.20. The predicted octanol–water partition coefficient (Wildman–Crippen LogP) is 2.79. The number of halogens is 2. The maximum absolute atomic E-state index is 11.6. The van der Waals surface area contributed by atoms with Crippen LogP contribution in [0.4, 0.5) is 0 Å². The van der Waals surface area contributed by atoms with Gasteiger partial charge in [-0.05, 0) is 24.1 Å². The van der Waals surface area contributed by atoms with E-state index in [1.807, 2.05) is 0 Å². The van der Waals surface area contributed by atoms with Crippen molar-refractivity contribution >= 4 is 44.6 Å². The van der Waals surface area contributed by atoms with E-state index in [2.05, 4.69) is 15.9 Å². The zero-order chi connectivity index (χ0) is 13.7. The first-order chi connectivity index (χ1) is 8.51. The van der Waals surface area contributed by atoms with Crippen LogP contribution in [0.2, 0.25) is 5.02 Å². The lowest BCUT2D eigenvalue weighted by atomic mass is 10.1. The van der Waals surface area contributed by atoms with Crippen LogP contribution in [0.25, 0.3) is 0 Å². The van der Waals surface area contributed by atoms with Gasteiger partial charge in [0.2, 0.25) is 0 Å². The van der Waals surface area contributed by atoms with Gasteiger partial charge in [-0.2, -0.15) is 0 Å². The molecule has 0 aliphatic rings. The molecule has 4 nitrogen and oxygen atoms in total. The third-order valence-electron chi connectivity index (χ3n) is 2.24. The van der Waals surface area contributed by atoms with Crippen LogP contribution < -0.4 is 0 Å². The summed E-state index contributed by atoms with van der Waals surface area (Å²) in [4.78, 5) is 11.6. The lowest BCUT2D eigenvalue weighted by Gasteiger charge is -2.13. The highest BCUT2D eigenvalue weighted by molar-refractivity contribution is 9.08. The van der Waals surface area contributed by atoms with Crippen molar-refractivity contribution in [2.45, 2.75) is 18.0 Å². The molecular formula is C11H11BrClO4S-. The van der Waals surface area contributed by atoms with Crippen molar-refractivity contribution in [3.05, 3.63) is 33.8 Å². The Balaban J connectivity index is 3.19. The first-order valence-electron chi connectivity index (χ1n) is 5.10. The Kier molecular flexibility index (Phi) is 6.28. The smallest absolute Gasteiger partial charge is 0.339 e. The molecule has 1 atom stereocenters. The Morgan fingerprint density at radius 3 is 2.72 bits per heavy atom. The minimum absolute atomic E-state index is 0.135. The van der Waals surface area contributed by atoms with E-state index in [-0.39, 0.29) is 22.9 Å². The molecule has 0 aliphatic carbocycles. The summed E-state index contributed by atoms with van der Waals surface area (Å²) in [6, 6.07) is 3.05. The molecule has 0 aromatic heterocycles. The Hall–Kier alpha value is -0.430. The minimum Gasteiger partial charge on any atom is -0.772 e. The number of hydrogen-bond acceptors (Lipinski definition) is 4. The fourth-order valence-electron chi connectivity index (χ4n) is 1.43. The van der Waals surface area contributed by atoms with Crippen LogP contribution >= 0.6 is 27.5 Å². The molecule has 1 aromatic rings. The SMILES string of the molecule is CCOC(=O)c1ccc(CS(=O)[O-])c(CBr)c1Cl. The van der Waals surface area contributed by atoms with Crippen LogP contribution in [0.5, 0.6) is 0 Å². The summed E-state index contributed by atoms with van der Waals surface area (Å²) in [5.41, 5.74) is 1.40. The summed E-state index contributed by atoms with van der Waals surface area (Å²) in [6.45, 7) is 1.96. The fraction of sp³-hybridized carbons (Fsp3) is 0.364. The molecule has 1 aromatic carbocycles. The van der Waals surface area contributed by atoms with Crippen molar-refractivity contribution < 1.29 is 18.3 Å². The van der Waals surface area contributed by atoms with Gasteiger partial charge in [0.25, 0.3) is 0 Å². The molecule has 0 aliphatic heterocycles. The maximum Gasteiger partial charge on any atom is 0.339 e. The lowest BCUT2D eigenvalue weighted by Crippen LogP contribution is -2.08. The van der Waals surface area contributed by atoms with Crippen molar-refractivity contribution in [3.8, 4) is 0 Å². The monoisotopic (exact) mass is 353 g/mol. The predicted molar refractivity (Wildman–Crippen MR) is 72.7 cm³/mol. The number of benzene rings is 1. The van der Waals surface area contributed by atoms with Crippen LogP contribution in [0.3, 0.4) is 0 Å². The first-order valence-corrected chi connectivity index (χ1v) is 7.84. The third-order valence-corrected chi connectivity index (χ3v) is 3.78. The second-order valence-corrected chi connectivity index (χ2v) is 5.20. The highest BCUT2D eigenvalue weighted by Crippen LogP contribution is 2.28. The molecule has 7 heteroatoms. The number of hydrogen-bond donors (Lipinski definition) is 0. The van der Waals surface area contributed by atoms with E-state index in [9.17, 15) is 13.6 Å². The number of alkyl halides is 1. The van der Waals surface area contributed by atoms with Gasteiger partial charge in [0.05, 0.1) is 17.2 Å². The van der Waals surface area contributed by atoms with Gasteiger partial charge in [-0.3, -0.25) is 4.21 Å². The molecule has 1 rings (SSSR count). The van der Waals surface area contributed by atoms with Gasteiger partial charge in [-0.1, -0.05) is 44.7 Å². The molecule has 18 heavy (non-hydrogen) atoms. The number of carbonyl (C=O) groups is 1. The van der Waals surface area contributed by atoms with Crippen LogP contribution in [-0.4, -0.2) is 21.3 Å². The second kappa shape index (κ2) is 7.23. The number of ether oxygens (including phenoxy) is 1. The Morgan fingerprint density at radius 2 is 2.22 bits per heavy atom. The van der Waals surface area contributed by atoms with E-state index in [0.717, 1.165) is 0 Å². The average molecular weight is 355 g/mol. The van der Waals surface area contributed by atoms with Crippen molar-refractivity contribution in [1.82, 2.24) is 0 Å². The van der Waals surface area contributed by atoms with Gasteiger partial charge in [0.15, 0.2) is 0 Å². The third kappa shape index (κ3) is 3.78. The summed E-state index contributed by atoms with van der Waals surface area (Å²) >= 11 is 7.13. The van der Waals surface area contributed by atoms with Gasteiger partial charge in [0, 0.05) is 11.1 Å². The molecule has 0 saturated heterocycles. The molecular weight excluding hydrogens is 344 g/mol. The topological polar surface area (TPSA) is 66.4 Å². The lowest BCUT2D eigenvalue weighted by molar-refractivity contribution is 0.0526. The summed E-state index contributed by atoms with van der Waals surface area (Å²) in [5.74, 6) is -0.650. The standard InChI is InChI=1S/C11H12BrClO4S/c1-2-17-11(14)8-4-3-7(6-18(15)16)9(5-12)10(8)13/h3-4H,2,5-6H2,1H3,(H,15,16)/p-1. The molecule has 0 N–H and O–H groups in total. The van der Waals surface area contributed by atoms with Crippen LogP contribution in [0, 0.1) is 0 Å². The summed E-state index contributed by atoms with van der Waals surface area (Å²) in [5, 5.41) is 0.597. The van der Waals surface area contributed by atoms with Gasteiger partial charge in [-0.25, -0.2) is 4.79 Å². The molecule has 0 radical (unpaired) electrons. The van der Waals surface area contributed by atoms with E-state index in [0.29, 0.717) is 16.5 Å². The summed E-state index contributed by atoms with van der Waals surface area (Å²) < 4.78 is 26.3. The number of carbonyl (C=O) groups excluding carboxylic acids is 1. The molecule has 0 saturated carbocycles. The van der Waals surface area contributed by atoms with Crippen molar-refractivity contribution in [1.29, 1.82) is 0 Å². The highest BCUT2D eigenvalue weighted by atomic mass is 79.9. The van der Waals surface area contributed by atoms with Crippen molar-refractivity contribution in [2.75, 3.05) is 6.61 Å². The molecule has 0 amide bonds. The first kappa shape index (κ1) is 15.6. The molecule has 100 valence electrons. The zero-order valence-electron chi connectivity index (χ0n) is 9.57. The summed E-state index contributed by atoms with van der Waals surface area (Å²) in [6.07, 6.45) is 0. The van der Waals surface area contributed by atoms with E-state index in [4.69, 9.17) is 16.3 Å². The van der Waals surface area contributed by atoms with Gasteiger partial charge >= 0.3 is 5.97 Å². The largest absolute Gasteiger partial charge is 0.772 e. The van der Waals surface area contributed by atoms with Crippen LogP contribution in [0.1, 0.15) is 28.4 Å². The molecule has 0 spiro atoms. The van der Waals surface area contributed by atoms with Crippen LogP contribution in [0.15, 0.2) is 12.1 Å². The van der Waals surface area contributed by atoms with Gasteiger partial charge < -0.3 is 9.29 Å². The fourth-order valence-corrected chi connectivity index (χ4v) is 3.09. The number of esters is 1. The Morgan fingerprint density at radius 1 is 1.56 bits per heavy atom. The second-order valence-electron chi connectivity index (χ2n) is 3.37. The van der Waals surface area contributed by atoms with Crippen molar-refractivity contribution in [2.24, 2.45) is 0 Å². The Labute approximate surface area is 121 Å². The van der Waals surface area contributed by atoms with Gasteiger partial charge in [0.1, 0.15) is 0 Å². The van der Waals surface area contributed by atoms with Gasteiger partial charge in [-0.15, -0.1) is 0 Å². The Bertz CT molecular complexity index is 478.